The molecule has 2 aromatic carbocycles. The predicted molar refractivity (Wildman–Crippen MR) is 87.5 cm³/mol. The number of methoxy groups -OCH3 is 1. The Morgan fingerprint density at radius 3 is 2.24 bits per heavy atom. The minimum atomic E-state index is 0.705. The summed E-state index contributed by atoms with van der Waals surface area (Å²) >= 11 is 0. The fourth-order valence-electron chi connectivity index (χ4n) is 2.52. The van der Waals surface area contributed by atoms with Crippen LogP contribution < -0.4 is 9.47 Å². The van der Waals surface area contributed by atoms with Crippen molar-refractivity contribution in [3.63, 3.8) is 0 Å². The van der Waals surface area contributed by atoms with Gasteiger partial charge in [0.2, 0.25) is 0 Å². The lowest BCUT2D eigenvalue weighted by Gasteiger charge is -2.13. The van der Waals surface area contributed by atoms with Crippen molar-refractivity contribution in [1.82, 2.24) is 0 Å². The minimum absolute atomic E-state index is 0.705. The van der Waals surface area contributed by atoms with Gasteiger partial charge in [0, 0.05) is 0 Å². The summed E-state index contributed by atoms with van der Waals surface area (Å²) in [5.74, 6) is 1.92. The number of aryl methyl sites for hydroxylation is 2. The van der Waals surface area contributed by atoms with E-state index in [0.717, 1.165) is 24.3 Å². The molecule has 0 amide bonds. The molecule has 2 nitrogen and oxygen atoms in total. The summed E-state index contributed by atoms with van der Waals surface area (Å²) in [4.78, 5) is 0. The molecule has 0 aliphatic rings. The summed E-state index contributed by atoms with van der Waals surface area (Å²) < 4.78 is 10.9. The van der Waals surface area contributed by atoms with E-state index < -0.39 is 0 Å². The van der Waals surface area contributed by atoms with Crippen molar-refractivity contribution in [3.05, 3.63) is 58.7 Å². The van der Waals surface area contributed by atoms with Crippen molar-refractivity contribution in [3.8, 4) is 11.5 Å². The quantitative estimate of drug-likeness (QED) is 0.774. The molecule has 0 saturated heterocycles. The van der Waals surface area contributed by atoms with E-state index in [4.69, 9.17) is 9.47 Å². The van der Waals surface area contributed by atoms with E-state index >= 15 is 0 Å². The first-order valence-electron chi connectivity index (χ1n) is 7.56. The maximum atomic E-state index is 5.49. The monoisotopic (exact) mass is 284 g/mol. The lowest BCUT2D eigenvalue weighted by Crippen LogP contribution is -1.98. The highest BCUT2D eigenvalue weighted by atomic mass is 16.5. The molecule has 2 heteroatoms. The van der Waals surface area contributed by atoms with Gasteiger partial charge in [-0.15, -0.1) is 0 Å². The van der Waals surface area contributed by atoms with Gasteiger partial charge in [-0.2, -0.15) is 0 Å². The fourth-order valence-corrected chi connectivity index (χ4v) is 2.52. The average Bonchev–Trinajstić information content (AvgIpc) is 2.51. The number of rotatable bonds is 6. The summed E-state index contributed by atoms with van der Waals surface area (Å²) in [5.41, 5.74) is 5.20. The third kappa shape index (κ3) is 3.78. The first-order chi connectivity index (χ1) is 10.2. The lowest BCUT2D eigenvalue weighted by atomic mass is 9.96. The van der Waals surface area contributed by atoms with Gasteiger partial charge in [-0.05, 0) is 67.1 Å². The predicted octanol–water partition coefficient (Wildman–Crippen LogP) is 4.56. The minimum Gasteiger partial charge on any atom is -0.496 e. The summed E-state index contributed by atoms with van der Waals surface area (Å²) in [6, 6.07) is 12.8. The molecule has 2 aromatic rings. The van der Waals surface area contributed by atoms with Crippen LogP contribution in [0.5, 0.6) is 11.5 Å². The Morgan fingerprint density at radius 1 is 0.952 bits per heavy atom. The first kappa shape index (κ1) is 15.4. The molecule has 0 aliphatic heterocycles. The second-order valence-corrected chi connectivity index (χ2v) is 5.20. The second kappa shape index (κ2) is 7.16. The maximum Gasteiger partial charge on any atom is 0.122 e. The van der Waals surface area contributed by atoms with Crippen LogP contribution in [-0.4, -0.2) is 13.7 Å². The van der Waals surface area contributed by atoms with Crippen molar-refractivity contribution < 1.29 is 9.47 Å². The first-order valence-corrected chi connectivity index (χ1v) is 7.56. The molecule has 0 bridgehead atoms. The molecule has 112 valence electrons. The van der Waals surface area contributed by atoms with Crippen LogP contribution in [0.3, 0.4) is 0 Å². The van der Waals surface area contributed by atoms with Gasteiger partial charge in [0.15, 0.2) is 0 Å². The zero-order valence-electron chi connectivity index (χ0n) is 13.4. The zero-order valence-corrected chi connectivity index (χ0v) is 13.4. The number of benzene rings is 2. The molecule has 0 heterocycles. The molecule has 0 fully saturated rings. The molecule has 21 heavy (non-hydrogen) atoms. The van der Waals surface area contributed by atoms with Crippen molar-refractivity contribution in [2.75, 3.05) is 13.7 Å². The number of hydrogen-bond donors (Lipinski definition) is 0. The van der Waals surface area contributed by atoms with E-state index in [-0.39, 0.29) is 0 Å². The van der Waals surface area contributed by atoms with Crippen LogP contribution >= 0.6 is 0 Å². The van der Waals surface area contributed by atoms with Gasteiger partial charge >= 0.3 is 0 Å². The third-order valence-electron chi connectivity index (χ3n) is 3.75. The summed E-state index contributed by atoms with van der Waals surface area (Å²) in [6.07, 6.45) is 1.93. The summed E-state index contributed by atoms with van der Waals surface area (Å²) in [5, 5.41) is 0. The zero-order chi connectivity index (χ0) is 15.2. The van der Waals surface area contributed by atoms with Crippen LogP contribution in [0, 0.1) is 6.92 Å². The Bertz CT molecular complexity index is 585. The van der Waals surface area contributed by atoms with E-state index in [1.54, 1.807) is 7.11 Å². The van der Waals surface area contributed by atoms with Gasteiger partial charge in [-0.1, -0.05) is 25.1 Å². The van der Waals surface area contributed by atoms with E-state index in [9.17, 15) is 0 Å². The van der Waals surface area contributed by atoms with Crippen LogP contribution in [0.25, 0.3) is 0 Å². The highest BCUT2D eigenvalue weighted by Crippen LogP contribution is 2.26. The highest BCUT2D eigenvalue weighted by Gasteiger charge is 2.07. The third-order valence-corrected chi connectivity index (χ3v) is 3.75. The number of hydrogen-bond acceptors (Lipinski definition) is 2. The smallest absolute Gasteiger partial charge is 0.122 e. The molecule has 2 rings (SSSR count). The van der Waals surface area contributed by atoms with Gasteiger partial charge in [-0.25, -0.2) is 0 Å². The normalized spacial score (nSPS) is 10.5. The Balaban J connectivity index is 2.22. The molecular formula is C19H24O2. The molecule has 0 unspecified atom stereocenters. The van der Waals surface area contributed by atoms with E-state index in [1.165, 1.54) is 22.3 Å². The van der Waals surface area contributed by atoms with Crippen LogP contribution in [0.2, 0.25) is 0 Å². The van der Waals surface area contributed by atoms with Gasteiger partial charge in [0.05, 0.1) is 13.7 Å². The molecule has 0 aromatic heterocycles. The topological polar surface area (TPSA) is 18.5 Å². The van der Waals surface area contributed by atoms with Crippen molar-refractivity contribution >= 4 is 0 Å². The molecule has 0 saturated carbocycles. The van der Waals surface area contributed by atoms with Crippen LogP contribution in [0.1, 0.15) is 36.1 Å². The van der Waals surface area contributed by atoms with Crippen LogP contribution in [0.15, 0.2) is 36.4 Å². The largest absolute Gasteiger partial charge is 0.496 e. The molecule has 0 spiro atoms. The van der Waals surface area contributed by atoms with Gasteiger partial charge in [0.25, 0.3) is 0 Å². The SMILES string of the molecule is CCOc1ccc(Cc2cc(CC)c(OC)cc2C)cc1. The Morgan fingerprint density at radius 2 is 1.67 bits per heavy atom. The van der Waals surface area contributed by atoms with Gasteiger partial charge in [-0.3, -0.25) is 0 Å². The molecule has 0 radical (unpaired) electrons. The van der Waals surface area contributed by atoms with Gasteiger partial charge < -0.3 is 9.47 Å². The van der Waals surface area contributed by atoms with Crippen molar-refractivity contribution in [1.29, 1.82) is 0 Å². The van der Waals surface area contributed by atoms with Crippen LogP contribution in [-0.2, 0) is 12.8 Å². The second-order valence-electron chi connectivity index (χ2n) is 5.20. The van der Waals surface area contributed by atoms with E-state index in [1.807, 2.05) is 19.1 Å². The highest BCUT2D eigenvalue weighted by molar-refractivity contribution is 5.44. The molecule has 0 N–H and O–H groups in total. The summed E-state index contributed by atoms with van der Waals surface area (Å²) in [7, 11) is 1.74. The molecule has 0 atom stereocenters. The molecular weight excluding hydrogens is 260 g/mol. The van der Waals surface area contributed by atoms with Crippen LogP contribution in [0.4, 0.5) is 0 Å². The van der Waals surface area contributed by atoms with Crippen molar-refractivity contribution in [2.24, 2.45) is 0 Å². The van der Waals surface area contributed by atoms with E-state index in [2.05, 4.69) is 38.1 Å². The van der Waals surface area contributed by atoms with E-state index in [0.29, 0.717) is 6.61 Å². The Hall–Kier alpha value is -1.96. The molecule has 0 aliphatic carbocycles. The van der Waals surface area contributed by atoms with Crippen molar-refractivity contribution in [2.45, 2.75) is 33.6 Å². The van der Waals surface area contributed by atoms with Gasteiger partial charge in [0.1, 0.15) is 11.5 Å². The summed E-state index contributed by atoms with van der Waals surface area (Å²) in [6.45, 7) is 7.01. The number of ether oxygens (including phenoxy) is 2. The average molecular weight is 284 g/mol. The standard InChI is InChI=1S/C19H24O2/c1-5-16-13-17(14(3)11-19(16)20-4)12-15-7-9-18(10-8-15)21-6-2/h7-11,13H,5-6,12H2,1-4H3. The lowest BCUT2D eigenvalue weighted by molar-refractivity contribution is 0.340. The Labute approximate surface area is 127 Å². The Kier molecular flexibility index (Phi) is 5.26. The fraction of sp³-hybridized carbons (Fsp3) is 0.368. The maximum absolute atomic E-state index is 5.49.